The van der Waals surface area contributed by atoms with Crippen molar-refractivity contribution in [1.29, 1.82) is 0 Å². The quantitative estimate of drug-likeness (QED) is 0.752. The first-order valence-corrected chi connectivity index (χ1v) is 4.83. The third-order valence-electron chi connectivity index (χ3n) is 2.56. The molecule has 0 atom stereocenters. The summed E-state index contributed by atoms with van der Waals surface area (Å²) in [4.78, 5) is 12.1. The number of hydrogen-bond acceptors (Lipinski definition) is 2. The summed E-state index contributed by atoms with van der Waals surface area (Å²) in [6.07, 6.45) is 5.62. The maximum absolute atomic E-state index is 10.7. The molecule has 1 aliphatic heterocycles. The van der Waals surface area contributed by atoms with Crippen molar-refractivity contribution in [3.05, 3.63) is 24.0 Å². The molecule has 1 amide bonds. The number of rotatable bonds is 1. The third-order valence-corrected chi connectivity index (χ3v) is 2.56. The van der Waals surface area contributed by atoms with Gasteiger partial charge in [0, 0.05) is 31.9 Å². The van der Waals surface area contributed by atoms with E-state index in [2.05, 4.69) is 5.10 Å². The van der Waals surface area contributed by atoms with Gasteiger partial charge in [0.2, 0.25) is 0 Å². The van der Waals surface area contributed by atoms with Gasteiger partial charge in [0.15, 0.2) is 0 Å². The number of aryl methyl sites for hydroxylation is 1. The molecule has 1 N–H and O–H groups in total. The molecule has 0 fully saturated rings. The Labute approximate surface area is 87.6 Å². The minimum absolute atomic E-state index is 0.472. The Bertz CT molecular complexity index is 409. The van der Waals surface area contributed by atoms with Crippen molar-refractivity contribution in [2.75, 3.05) is 13.1 Å². The van der Waals surface area contributed by atoms with E-state index < -0.39 is 6.09 Å². The summed E-state index contributed by atoms with van der Waals surface area (Å²) < 4.78 is 1.75. The Kier molecular flexibility index (Phi) is 2.45. The van der Waals surface area contributed by atoms with Crippen LogP contribution in [0.5, 0.6) is 0 Å². The van der Waals surface area contributed by atoms with Crippen molar-refractivity contribution in [3.8, 4) is 0 Å². The predicted octanol–water partition coefficient (Wildman–Crippen LogP) is 1.19. The van der Waals surface area contributed by atoms with Crippen LogP contribution in [0.2, 0.25) is 0 Å². The summed E-state index contributed by atoms with van der Waals surface area (Å²) in [7, 11) is 1.87. The summed E-state index contributed by atoms with van der Waals surface area (Å²) >= 11 is 0. The Morgan fingerprint density at radius 3 is 2.87 bits per heavy atom. The van der Waals surface area contributed by atoms with E-state index in [1.165, 1.54) is 10.5 Å². The molecule has 0 aromatic carbocycles. The first kappa shape index (κ1) is 9.76. The van der Waals surface area contributed by atoms with Gasteiger partial charge in [-0.25, -0.2) is 4.79 Å². The highest BCUT2D eigenvalue weighted by atomic mass is 16.4. The third kappa shape index (κ3) is 2.01. The van der Waals surface area contributed by atoms with Crippen molar-refractivity contribution < 1.29 is 9.90 Å². The monoisotopic (exact) mass is 207 g/mol. The van der Waals surface area contributed by atoms with Crippen LogP contribution in [0.4, 0.5) is 4.79 Å². The SMILES string of the molecule is Cn1cc(C2=CCN(C(=O)O)CC2)cn1. The van der Waals surface area contributed by atoms with Crippen LogP contribution in [-0.2, 0) is 7.05 Å². The van der Waals surface area contributed by atoms with E-state index in [0.29, 0.717) is 13.1 Å². The van der Waals surface area contributed by atoms with Crippen molar-refractivity contribution in [3.63, 3.8) is 0 Å². The molecule has 1 aromatic heterocycles. The van der Waals surface area contributed by atoms with E-state index in [4.69, 9.17) is 5.11 Å². The molecule has 0 aliphatic carbocycles. The lowest BCUT2D eigenvalue weighted by atomic mass is 10.0. The highest BCUT2D eigenvalue weighted by Crippen LogP contribution is 2.21. The molecular weight excluding hydrogens is 194 g/mol. The van der Waals surface area contributed by atoms with Gasteiger partial charge in [-0.2, -0.15) is 5.10 Å². The molecule has 0 unspecified atom stereocenters. The van der Waals surface area contributed by atoms with Crippen molar-refractivity contribution in [1.82, 2.24) is 14.7 Å². The average molecular weight is 207 g/mol. The average Bonchev–Trinajstić information content (AvgIpc) is 2.65. The standard InChI is InChI=1S/C10H13N3O2/c1-12-7-9(6-11-12)8-2-4-13(5-3-8)10(14)15/h2,6-7H,3-5H2,1H3,(H,14,15). The molecule has 0 radical (unpaired) electrons. The number of aromatic nitrogens is 2. The Morgan fingerprint density at radius 2 is 2.40 bits per heavy atom. The lowest BCUT2D eigenvalue weighted by molar-refractivity contribution is 0.150. The van der Waals surface area contributed by atoms with Crippen LogP contribution in [0, 0.1) is 0 Å². The van der Waals surface area contributed by atoms with Crippen LogP contribution in [0.25, 0.3) is 5.57 Å². The van der Waals surface area contributed by atoms with Crippen LogP contribution in [0.3, 0.4) is 0 Å². The van der Waals surface area contributed by atoms with Gasteiger partial charge in [0.25, 0.3) is 0 Å². The fourth-order valence-corrected chi connectivity index (χ4v) is 1.69. The molecule has 2 rings (SSSR count). The zero-order chi connectivity index (χ0) is 10.8. The molecule has 0 saturated carbocycles. The van der Waals surface area contributed by atoms with Gasteiger partial charge in [-0.3, -0.25) is 4.68 Å². The molecule has 15 heavy (non-hydrogen) atoms. The van der Waals surface area contributed by atoms with E-state index in [9.17, 15) is 4.79 Å². The summed E-state index contributed by atoms with van der Waals surface area (Å²) in [6, 6.07) is 0. The van der Waals surface area contributed by atoms with E-state index in [-0.39, 0.29) is 0 Å². The second-order valence-corrected chi connectivity index (χ2v) is 3.61. The number of carbonyl (C=O) groups is 1. The Morgan fingerprint density at radius 1 is 1.60 bits per heavy atom. The van der Waals surface area contributed by atoms with E-state index in [1.807, 2.05) is 25.5 Å². The molecule has 1 aromatic rings. The van der Waals surface area contributed by atoms with Gasteiger partial charge < -0.3 is 10.0 Å². The van der Waals surface area contributed by atoms with Crippen LogP contribution >= 0.6 is 0 Å². The zero-order valence-electron chi connectivity index (χ0n) is 8.55. The number of hydrogen-bond donors (Lipinski definition) is 1. The molecule has 5 heteroatoms. The normalized spacial score (nSPS) is 16.3. The fourth-order valence-electron chi connectivity index (χ4n) is 1.69. The number of amides is 1. The molecule has 80 valence electrons. The summed E-state index contributed by atoms with van der Waals surface area (Å²) in [5.41, 5.74) is 2.27. The smallest absolute Gasteiger partial charge is 0.407 e. The molecular formula is C10H13N3O2. The summed E-state index contributed by atoms with van der Waals surface area (Å²) in [5, 5.41) is 12.9. The zero-order valence-corrected chi connectivity index (χ0v) is 8.55. The van der Waals surface area contributed by atoms with Gasteiger partial charge in [0.05, 0.1) is 6.20 Å². The number of carboxylic acid groups (broad SMARTS) is 1. The van der Waals surface area contributed by atoms with E-state index in [0.717, 1.165) is 12.0 Å². The van der Waals surface area contributed by atoms with E-state index >= 15 is 0 Å². The topological polar surface area (TPSA) is 58.4 Å². The van der Waals surface area contributed by atoms with Crippen LogP contribution in [0.15, 0.2) is 18.5 Å². The first-order chi connectivity index (χ1) is 7.16. The second kappa shape index (κ2) is 3.76. The van der Waals surface area contributed by atoms with Gasteiger partial charge in [-0.15, -0.1) is 0 Å². The van der Waals surface area contributed by atoms with Crippen LogP contribution in [-0.4, -0.2) is 39.0 Å². The molecule has 1 aliphatic rings. The van der Waals surface area contributed by atoms with Crippen molar-refractivity contribution in [2.45, 2.75) is 6.42 Å². The molecule has 5 nitrogen and oxygen atoms in total. The van der Waals surface area contributed by atoms with Gasteiger partial charge in [0.1, 0.15) is 0 Å². The van der Waals surface area contributed by atoms with Crippen molar-refractivity contribution >= 4 is 11.7 Å². The summed E-state index contributed by atoms with van der Waals surface area (Å²) in [5.74, 6) is 0. The van der Waals surface area contributed by atoms with Crippen LogP contribution < -0.4 is 0 Å². The summed E-state index contributed by atoms with van der Waals surface area (Å²) in [6.45, 7) is 1.04. The van der Waals surface area contributed by atoms with Gasteiger partial charge in [-0.05, 0) is 12.0 Å². The maximum Gasteiger partial charge on any atom is 0.407 e. The highest BCUT2D eigenvalue weighted by Gasteiger charge is 2.16. The Hall–Kier alpha value is -1.78. The second-order valence-electron chi connectivity index (χ2n) is 3.61. The minimum Gasteiger partial charge on any atom is -0.465 e. The maximum atomic E-state index is 10.7. The minimum atomic E-state index is -0.850. The largest absolute Gasteiger partial charge is 0.465 e. The highest BCUT2D eigenvalue weighted by molar-refractivity contribution is 5.70. The first-order valence-electron chi connectivity index (χ1n) is 4.83. The Balaban J connectivity index is 2.11. The fraction of sp³-hybridized carbons (Fsp3) is 0.400. The molecule has 0 spiro atoms. The van der Waals surface area contributed by atoms with Gasteiger partial charge >= 0.3 is 6.09 Å². The van der Waals surface area contributed by atoms with E-state index in [1.54, 1.807) is 4.68 Å². The number of nitrogens with zero attached hydrogens (tertiary/aromatic N) is 3. The molecule has 0 bridgehead atoms. The predicted molar refractivity (Wildman–Crippen MR) is 55.4 cm³/mol. The lowest BCUT2D eigenvalue weighted by Gasteiger charge is -2.23. The van der Waals surface area contributed by atoms with Gasteiger partial charge in [-0.1, -0.05) is 6.08 Å². The molecule has 2 heterocycles. The lowest BCUT2D eigenvalue weighted by Crippen LogP contribution is -2.33. The van der Waals surface area contributed by atoms with Crippen molar-refractivity contribution in [2.24, 2.45) is 7.05 Å². The molecule has 0 saturated heterocycles. The van der Waals surface area contributed by atoms with Crippen LogP contribution in [0.1, 0.15) is 12.0 Å².